The van der Waals surface area contributed by atoms with Gasteiger partial charge in [0, 0.05) is 16.5 Å². The Kier molecular flexibility index (Phi) is 3.23. The summed E-state index contributed by atoms with van der Waals surface area (Å²) in [4.78, 5) is 23.9. The average molecular weight is 279 g/mol. The molecule has 2 N–H and O–H groups in total. The van der Waals surface area contributed by atoms with E-state index in [0.29, 0.717) is 16.8 Å². The molecule has 0 atom stereocenters. The molecule has 0 spiro atoms. The molecule has 0 bridgehead atoms. The lowest BCUT2D eigenvalue weighted by Gasteiger charge is -2.09. The molecule has 0 aliphatic heterocycles. The second-order valence-electron chi connectivity index (χ2n) is 4.73. The second kappa shape index (κ2) is 5.20. The zero-order valence-electron chi connectivity index (χ0n) is 11.4. The number of Topliss-reactive ketones (excluding diaryl/α,β-unsaturated/α-hetero) is 1. The Morgan fingerprint density at radius 3 is 2.76 bits per heavy atom. The van der Waals surface area contributed by atoms with Gasteiger partial charge in [-0.25, -0.2) is 0 Å². The summed E-state index contributed by atoms with van der Waals surface area (Å²) in [5.41, 5.74) is 2.40. The Bertz CT molecular complexity index is 836. The Hall–Kier alpha value is -2.95. The standard InChI is InChI=1S/C16H13N3O2/c1-10(20)13-4-2-3-5-15(13)18-16(21)11-6-7-14-12(8-11)9-17-19-14/h2-9H,1H3,(H,17,19)(H,18,21). The van der Waals surface area contributed by atoms with Crippen LogP contribution in [0.15, 0.2) is 48.7 Å². The van der Waals surface area contributed by atoms with Crippen LogP contribution in [0.2, 0.25) is 0 Å². The molecule has 1 heterocycles. The zero-order valence-corrected chi connectivity index (χ0v) is 11.4. The average Bonchev–Trinajstić information content (AvgIpc) is 2.94. The predicted molar refractivity (Wildman–Crippen MR) is 80.5 cm³/mol. The third-order valence-electron chi connectivity index (χ3n) is 3.26. The zero-order chi connectivity index (χ0) is 14.8. The number of aromatic amines is 1. The van der Waals surface area contributed by atoms with E-state index in [1.54, 1.807) is 48.7 Å². The molecule has 0 fully saturated rings. The normalized spacial score (nSPS) is 10.5. The lowest BCUT2D eigenvalue weighted by Crippen LogP contribution is -2.14. The number of para-hydroxylation sites is 1. The molecule has 5 nitrogen and oxygen atoms in total. The van der Waals surface area contributed by atoms with E-state index in [0.717, 1.165) is 10.9 Å². The van der Waals surface area contributed by atoms with Crippen LogP contribution in [0.3, 0.4) is 0 Å². The fourth-order valence-electron chi connectivity index (χ4n) is 2.18. The fourth-order valence-corrected chi connectivity index (χ4v) is 2.18. The molecule has 1 aromatic heterocycles. The van der Waals surface area contributed by atoms with Crippen LogP contribution >= 0.6 is 0 Å². The van der Waals surface area contributed by atoms with Crippen molar-refractivity contribution in [1.29, 1.82) is 0 Å². The second-order valence-corrected chi connectivity index (χ2v) is 4.73. The molecule has 3 rings (SSSR count). The molecular formula is C16H13N3O2. The Morgan fingerprint density at radius 2 is 1.95 bits per heavy atom. The number of amides is 1. The van der Waals surface area contributed by atoms with Crippen LogP contribution in [0.25, 0.3) is 10.9 Å². The van der Waals surface area contributed by atoms with Crippen molar-refractivity contribution >= 4 is 28.3 Å². The molecule has 2 aromatic carbocycles. The van der Waals surface area contributed by atoms with E-state index < -0.39 is 0 Å². The Balaban J connectivity index is 1.91. The van der Waals surface area contributed by atoms with Crippen LogP contribution in [0.4, 0.5) is 5.69 Å². The third-order valence-corrected chi connectivity index (χ3v) is 3.26. The Morgan fingerprint density at radius 1 is 1.14 bits per heavy atom. The number of nitrogens with zero attached hydrogens (tertiary/aromatic N) is 1. The van der Waals surface area contributed by atoms with Crippen molar-refractivity contribution in [3.63, 3.8) is 0 Å². The molecule has 0 radical (unpaired) electrons. The van der Waals surface area contributed by atoms with Crippen molar-refractivity contribution in [2.75, 3.05) is 5.32 Å². The molecule has 3 aromatic rings. The monoisotopic (exact) mass is 279 g/mol. The van der Waals surface area contributed by atoms with Crippen LogP contribution in [0.5, 0.6) is 0 Å². The van der Waals surface area contributed by atoms with Gasteiger partial charge in [0.2, 0.25) is 0 Å². The van der Waals surface area contributed by atoms with E-state index in [-0.39, 0.29) is 11.7 Å². The summed E-state index contributed by atoms with van der Waals surface area (Å²) in [7, 11) is 0. The van der Waals surface area contributed by atoms with Crippen molar-refractivity contribution in [2.24, 2.45) is 0 Å². The molecule has 0 unspecified atom stereocenters. The number of anilines is 1. The van der Waals surface area contributed by atoms with Gasteiger partial charge in [-0.05, 0) is 37.3 Å². The van der Waals surface area contributed by atoms with Crippen molar-refractivity contribution in [3.8, 4) is 0 Å². The van der Waals surface area contributed by atoms with Crippen molar-refractivity contribution in [2.45, 2.75) is 6.92 Å². The van der Waals surface area contributed by atoms with Gasteiger partial charge in [-0.2, -0.15) is 5.10 Å². The maximum Gasteiger partial charge on any atom is 0.255 e. The van der Waals surface area contributed by atoms with Gasteiger partial charge in [-0.3, -0.25) is 14.7 Å². The number of rotatable bonds is 3. The first-order chi connectivity index (χ1) is 10.1. The minimum atomic E-state index is -0.258. The minimum Gasteiger partial charge on any atom is -0.321 e. The molecule has 0 saturated heterocycles. The lowest BCUT2D eigenvalue weighted by atomic mass is 10.1. The molecule has 5 heteroatoms. The van der Waals surface area contributed by atoms with Gasteiger partial charge in [0.05, 0.1) is 17.4 Å². The lowest BCUT2D eigenvalue weighted by molar-refractivity contribution is 0.101. The fraction of sp³-hybridized carbons (Fsp3) is 0.0625. The predicted octanol–water partition coefficient (Wildman–Crippen LogP) is 3.02. The van der Waals surface area contributed by atoms with Gasteiger partial charge in [-0.1, -0.05) is 12.1 Å². The third kappa shape index (κ3) is 2.53. The number of fused-ring (bicyclic) bond motifs is 1. The van der Waals surface area contributed by atoms with Gasteiger partial charge in [-0.15, -0.1) is 0 Å². The molecule has 0 saturated carbocycles. The van der Waals surface area contributed by atoms with Gasteiger partial charge in [0.25, 0.3) is 5.91 Å². The summed E-state index contributed by atoms with van der Waals surface area (Å²) in [5, 5.41) is 10.4. The number of aromatic nitrogens is 2. The Labute approximate surface area is 121 Å². The quantitative estimate of drug-likeness (QED) is 0.724. The molecule has 1 amide bonds. The number of nitrogens with one attached hydrogen (secondary N) is 2. The highest BCUT2D eigenvalue weighted by molar-refractivity contribution is 6.10. The molecule has 21 heavy (non-hydrogen) atoms. The topological polar surface area (TPSA) is 74.8 Å². The van der Waals surface area contributed by atoms with E-state index in [1.807, 2.05) is 0 Å². The number of ketones is 1. The van der Waals surface area contributed by atoms with Gasteiger partial charge >= 0.3 is 0 Å². The summed E-state index contributed by atoms with van der Waals surface area (Å²) in [6.07, 6.45) is 1.66. The van der Waals surface area contributed by atoms with Crippen molar-refractivity contribution in [1.82, 2.24) is 10.2 Å². The summed E-state index contributed by atoms with van der Waals surface area (Å²) in [6, 6.07) is 12.2. The first-order valence-corrected chi connectivity index (χ1v) is 6.49. The van der Waals surface area contributed by atoms with E-state index in [9.17, 15) is 9.59 Å². The largest absolute Gasteiger partial charge is 0.321 e. The summed E-state index contributed by atoms with van der Waals surface area (Å²) in [5.74, 6) is -0.344. The summed E-state index contributed by atoms with van der Waals surface area (Å²) >= 11 is 0. The van der Waals surface area contributed by atoms with Gasteiger partial charge < -0.3 is 5.32 Å². The van der Waals surface area contributed by atoms with E-state index >= 15 is 0 Å². The van der Waals surface area contributed by atoms with E-state index in [1.165, 1.54) is 6.92 Å². The number of hydrogen-bond acceptors (Lipinski definition) is 3. The van der Waals surface area contributed by atoms with Crippen LogP contribution in [-0.2, 0) is 0 Å². The van der Waals surface area contributed by atoms with Crippen LogP contribution in [0, 0.1) is 0 Å². The maximum atomic E-state index is 12.3. The smallest absolute Gasteiger partial charge is 0.255 e. The molecular weight excluding hydrogens is 266 g/mol. The van der Waals surface area contributed by atoms with Crippen LogP contribution in [0.1, 0.15) is 27.6 Å². The first kappa shape index (κ1) is 13.1. The maximum absolute atomic E-state index is 12.3. The van der Waals surface area contributed by atoms with Crippen molar-refractivity contribution in [3.05, 3.63) is 59.8 Å². The highest BCUT2D eigenvalue weighted by Crippen LogP contribution is 2.18. The molecule has 104 valence electrons. The van der Waals surface area contributed by atoms with E-state index in [4.69, 9.17) is 0 Å². The SMILES string of the molecule is CC(=O)c1ccccc1NC(=O)c1ccc2[nH]ncc2c1. The number of carbonyl (C=O) groups is 2. The van der Waals surface area contributed by atoms with Crippen LogP contribution < -0.4 is 5.32 Å². The van der Waals surface area contributed by atoms with E-state index in [2.05, 4.69) is 15.5 Å². The number of hydrogen-bond donors (Lipinski definition) is 2. The van der Waals surface area contributed by atoms with Crippen LogP contribution in [-0.4, -0.2) is 21.9 Å². The van der Waals surface area contributed by atoms with Gasteiger partial charge in [0.15, 0.2) is 5.78 Å². The first-order valence-electron chi connectivity index (χ1n) is 6.49. The molecule has 0 aliphatic carbocycles. The number of carbonyl (C=O) groups excluding carboxylic acids is 2. The summed E-state index contributed by atoms with van der Waals surface area (Å²) < 4.78 is 0. The number of benzene rings is 2. The molecule has 0 aliphatic rings. The minimum absolute atomic E-state index is 0.0869. The number of H-pyrrole nitrogens is 1. The summed E-state index contributed by atoms with van der Waals surface area (Å²) in [6.45, 7) is 1.47. The van der Waals surface area contributed by atoms with Gasteiger partial charge in [0.1, 0.15) is 0 Å². The highest BCUT2D eigenvalue weighted by atomic mass is 16.1. The highest BCUT2D eigenvalue weighted by Gasteiger charge is 2.11. The van der Waals surface area contributed by atoms with Crippen molar-refractivity contribution < 1.29 is 9.59 Å².